The first-order valence-electron chi connectivity index (χ1n) is 8.39. The predicted molar refractivity (Wildman–Crippen MR) is 99.3 cm³/mol. The van der Waals surface area contributed by atoms with Crippen LogP contribution in [0.25, 0.3) is 0 Å². The Kier molecular flexibility index (Phi) is 5.84. The van der Waals surface area contributed by atoms with E-state index in [1.165, 1.54) is 24.3 Å². The van der Waals surface area contributed by atoms with Crippen molar-refractivity contribution >= 4 is 26.1 Å². The third-order valence-corrected chi connectivity index (χ3v) is 7.60. The van der Waals surface area contributed by atoms with E-state index < -0.39 is 38.3 Å². The van der Waals surface area contributed by atoms with E-state index in [1.807, 2.05) is 0 Å². The summed E-state index contributed by atoms with van der Waals surface area (Å²) in [5.41, 5.74) is 0. The monoisotopic (exact) mass is 425 g/mol. The molecule has 150 valence electrons. The molecule has 0 radical (unpaired) electrons. The molecule has 1 heterocycles. The zero-order valence-corrected chi connectivity index (χ0v) is 16.6. The van der Waals surface area contributed by atoms with E-state index in [1.54, 1.807) is 36.4 Å². The average molecular weight is 425 g/mol. The second kappa shape index (κ2) is 8.00. The number of carbonyl (C=O) groups excluding carboxylic acids is 1. The van der Waals surface area contributed by atoms with E-state index in [2.05, 4.69) is 0 Å². The lowest BCUT2D eigenvalue weighted by molar-refractivity contribution is -0.144. The van der Waals surface area contributed by atoms with Crippen LogP contribution in [0.4, 0.5) is 0 Å². The average Bonchev–Trinajstić information content (AvgIpc) is 3.12. The fourth-order valence-corrected chi connectivity index (χ4v) is 5.74. The summed E-state index contributed by atoms with van der Waals surface area (Å²) in [7, 11) is -7.00. The van der Waals surface area contributed by atoms with Crippen LogP contribution in [0, 0.1) is 0 Å². The number of ether oxygens (including phenoxy) is 1. The molecule has 1 saturated heterocycles. The largest absolute Gasteiger partial charge is 0.468 e. The molecule has 3 rings (SSSR count). The molecule has 2 aromatic carbocycles. The third kappa shape index (κ3) is 4.09. The second-order valence-electron chi connectivity index (χ2n) is 6.15. The molecular formula is C18H19NO7S2. The number of hydrogen-bond acceptors (Lipinski definition) is 7. The first-order chi connectivity index (χ1) is 13.3. The number of carbonyl (C=O) groups is 1. The predicted octanol–water partition coefficient (Wildman–Crippen LogP) is 1.40. The summed E-state index contributed by atoms with van der Waals surface area (Å²) in [6, 6.07) is 13.9. The number of nitrogens with zero attached hydrogens (tertiary/aromatic N) is 1. The van der Waals surface area contributed by atoms with Gasteiger partial charge >= 0.3 is 5.97 Å². The van der Waals surface area contributed by atoms with Crippen LogP contribution in [0.2, 0.25) is 0 Å². The van der Waals surface area contributed by atoms with Crippen LogP contribution in [0.1, 0.15) is 6.42 Å². The molecule has 0 N–H and O–H groups in total. The van der Waals surface area contributed by atoms with E-state index >= 15 is 0 Å². The summed E-state index contributed by atoms with van der Waals surface area (Å²) in [6.07, 6.45) is -1.15. The van der Waals surface area contributed by atoms with Crippen LogP contribution in [0.5, 0.6) is 0 Å². The fourth-order valence-electron chi connectivity index (χ4n) is 3.00. The van der Waals surface area contributed by atoms with Gasteiger partial charge in [-0.25, -0.2) is 8.42 Å². The Morgan fingerprint density at radius 3 is 2.00 bits per heavy atom. The smallest absolute Gasteiger partial charge is 0.324 e. The van der Waals surface area contributed by atoms with Gasteiger partial charge in [0.2, 0.25) is 10.0 Å². The summed E-state index contributed by atoms with van der Waals surface area (Å²) in [5, 5.41) is 0. The maximum atomic E-state index is 13.0. The molecule has 1 aliphatic rings. The van der Waals surface area contributed by atoms with Gasteiger partial charge in [0.1, 0.15) is 6.04 Å². The lowest BCUT2D eigenvalue weighted by atomic mass is 10.2. The molecular weight excluding hydrogens is 406 g/mol. The minimum atomic E-state index is -4.11. The van der Waals surface area contributed by atoms with Gasteiger partial charge in [0.25, 0.3) is 10.1 Å². The molecule has 0 aliphatic carbocycles. The van der Waals surface area contributed by atoms with E-state index in [0.717, 1.165) is 11.4 Å². The van der Waals surface area contributed by atoms with E-state index in [4.69, 9.17) is 8.92 Å². The van der Waals surface area contributed by atoms with Crippen molar-refractivity contribution in [3.63, 3.8) is 0 Å². The Bertz CT molecular complexity index is 1040. The Labute approximate surface area is 163 Å². The quantitative estimate of drug-likeness (QED) is 0.508. The maximum absolute atomic E-state index is 13.0. The standard InChI is InChI=1S/C18H19NO7S2/c1-25-18(20)17-12-14(26-28(23,24)16-10-6-3-7-11-16)13-19(17)27(21,22)15-8-4-2-5-9-15/h2-11,14,17H,12-13H2,1H3/t14-,17+/m1/s1. The minimum Gasteiger partial charge on any atom is -0.468 e. The molecule has 0 aromatic heterocycles. The number of benzene rings is 2. The Morgan fingerprint density at radius 2 is 1.46 bits per heavy atom. The summed E-state index contributed by atoms with van der Waals surface area (Å²) in [5.74, 6) is -0.775. The maximum Gasteiger partial charge on any atom is 0.324 e. The fraction of sp³-hybridized carbons (Fsp3) is 0.278. The Hall–Kier alpha value is -2.27. The van der Waals surface area contributed by atoms with Crippen LogP contribution in [-0.2, 0) is 33.9 Å². The van der Waals surface area contributed by atoms with Crippen LogP contribution >= 0.6 is 0 Å². The van der Waals surface area contributed by atoms with Gasteiger partial charge in [-0.15, -0.1) is 0 Å². The van der Waals surface area contributed by atoms with Crippen LogP contribution in [0.15, 0.2) is 70.5 Å². The number of rotatable bonds is 6. The van der Waals surface area contributed by atoms with Gasteiger partial charge in [-0.3, -0.25) is 8.98 Å². The SMILES string of the molecule is COC(=O)[C@@H]1C[C@@H](OS(=O)(=O)c2ccccc2)CN1S(=O)(=O)c1ccccc1. The molecule has 1 aliphatic heterocycles. The lowest BCUT2D eigenvalue weighted by Gasteiger charge is -2.21. The normalized spacial score (nSPS) is 20.8. The summed E-state index contributed by atoms with van der Waals surface area (Å²) in [6.45, 7) is -0.289. The van der Waals surface area contributed by atoms with Gasteiger partial charge in [0.15, 0.2) is 0 Å². The van der Waals surface area contributed by atoms with Crippen LogP contribution in [0.3, 0.4) is 0 Å². The molecule has 28 heavy (non-hydrogen) atoms. The first kappa shape index (κ1) is 20.5. The van der Waals surface area contributed by atoms with Crippen molar-refractivity contribution in [2.24, 2.45) is 0 Å². The summed E-state index contributed by atoms with van der Waals surface area (Å²) in [4.78, 5) is 12.1. The van der Waals surface area contributed by atoms with Gasteiger partial charge in [-0.05, 0) is 24.3 Å². The number of methoxy groups -OCH3 is 1. The zero-order chi connectivity index (χ0) is 20.4. The van der Waals surface area contributed by atoms with Gasteiger partial charge in [-0.1, -0.05) is 36.4 Å². The van der Waals surface area contributed by atoms with Crippen molar-refractivity contribution < 1.29 is 30.6 Å². The highest BCUT2D eigenvalue weighted by Crippen LogP contribution is 2.30. The van der Waals surface area contributed by atoms with Crippen molar-refractivity contribution in [2.75, 3.05) is 13.7 Å². The van der Waals surface area contributed by atoms with Crippen LogP contribution in [-0.4, -0.2) is 52.9 Å². The molecule has 2 aromatic rings. The molecule has 0 spiro atoms. The lowest BCUT2D eigenvalue weighted by Crippen LogP contribution is -2.41. The molecule has 0 saturated carbocycles. The number of hydrogen-bond donors (Lipinski definition) is 0. The Balaban J connectivity index is 1.89. The highest BCUT2D eigenvalue weighted by Gasteiger charge is 2.46. The van der Waals surface area contributed by atoms with Crippen molar-refractivity contribution in [1.29, 1.82) is 0 Å². The minimum absolute atomic E-state index is 0.00419. The molecule has 2 atom stereocenters. The summed E-state index contributed by atoms with van der Waals surface area (Å²) < 4.78 is 61.7. The van der Waals surface area contributed by atoms with Crippen LogP contribution < -0.4 is 0 Å². The molecule has 10 heteroatoms. The highest BCUT2D eigenvalue weighted by atomic mass is 32.2. The summed E-state index contributed by atoms with van der Waals surface area (Å²) >= 11 is 0. The Morgan fingerprint density at radius 1 is 0.929 bits per heavy atom. The number of esters is 1. The van der Waals surface area contributed by atoms with Gasteiger partial charge in [-0.2, -0.15) is 12.7 Å². The number of sulfonamides is 1. The highest BCUT2D eigenvalue weighted by molar-refractivity contribution is 7.89. The molecule has 0 bridgehead atoms. The van der Waals surface area contributed by atoms with Gasteiger partial charge in [0.05, 0.1) is 23.0 Å². The van der Waals surface area contributed by atoms with E-state index in [-0.39, 0.29) is 22.8 Å². The van der Waals surface area contributed by atoms with E-state index in [9.17, 15) is 21.6 Å². The molecule has 1 fully saturated rings. The van der Waals surface area contributed by atoms with Gasteiger partial charge < -0.3 is 4.74 Å². The van der Waals surface area contributed by atoms with Crippen molar-refractivity contribution in [3.05, 3.63) is 60.7 Å². The molecule has 8 nitrogen and oxygen atoms in total. The van der Waals surface area contributed by atoms with Crippen molar-refractivity contribution in [3.8, 4) is 0 Å². The first-order valence-corrected chi connectivity index (χ1v) is 11.2. The van der Waals surface area contributed by atoms with Gasteiger partial charge in [0, 0.05) is 13.0 Å². The third-order valence-electron chi connectivity index (χ3n) is 4.34. The second-order valence-corrected chi connectivity index (χ2v) is 9.61. The van der Waals surface area contributed by atoms with Crippen molar-refractivity contribution in [1.82, 2.24) is 4.31 Å². The molecule has 0 amide bonds. The zero-order valence-electron chi connectivity index (χ0n) is 15.0. The van der Waals surface area contributed by atoms with Crippen molar-refractivity contribution in [2.45, 2.75) is 28.4 Å². The molecule has 0 unspecified atom stereocenters. The van der Waals surface area contributed by atoms with E-state index in [0.29, 0.717) is 0 Å². The topological polar surface area (TPSA) is 107 Å².